The van der Waals surface area contributed by atoms with Crippen molar-refractivity contribution in [3.05, 3.63) is 121 Å². The lowest BCUT2D eigenvalue weighted by Crippen LogP contribution is -2.13. The van der Waals surface area contributed by atoms with E-state index in [0.29, 0.717) is 34.0 Å². The summed E-state index contributed by atoms with van der Waals surface area (Å²) in [6.07, 6.45) is 0. The second kappa shape index (κ2) is 12.6. The van der Waals surface area contributed by atoms with Crippen molar-refractivity contribution in [2.75, 3.05) is 4.72 Å². The van der Waals surface area contributed by atoms with Crippen LogP contribution in [0.4, 0.5) is 5.69 Å². The van der Waals surface area contributed by atoms with Crippen LogP contribution in [0.3, 0.4) is 0 Å². The predicted octanol–water partition coefficient (Wildman–Crippen LogP) is 5.81. The van der Waals surface area contributed by atoms with Crippen LogP contribution in [-0.4, -0.2) is 32.3 Å². The zero-order valence-corrected chi connectivity index (χ0v) is 24.8. The number of nitrogens with one attached hydrogen (secondary N) is 1. The lowest BCUT2D eigenvalue weighted by molar-refractivity contribution is 0.280. The fourth-order valence-corrected chi connectivity index (χ4v) is 5.87. The van der Waals surface area contributed by atoms with E-state index in [4.69, 9.17) is 14.2 Å². The number of primary sulfonamides is 1. The first kappa shape index (κ1) is 30.2. The first-order valence-corrected chi connectivity index (χ1v) is 16.0. The number of aromatic nitrogens is 2. The van der Waals surface area contributed by atoms with E-state index in [1.165, 1.54) is 24.3 Å². The predicted molar refractivity (Wildman–Crippen MR) is 164 cm³/mol. The number of aromatic hydroxyl groups is 1. The van der Waals surface area contributed by atoms with Crippen LogP contribution < -0.4 is 9.86 Å². The Balaban J connectivity index is 0.000000175. The van der Waals surface area contributed by atoms with Crippen molar-refractivity contribution in [2.45, 2.75) is 16.7 Å². The fraction of sp³-hybridized carbons (Fsp3) is 0.0323. The Morgan fingerprint density at radius 2 is 1.20 bits per heavy atom. The van der Waals surface area contributed by atoms with Crippen LogP contribution in [0.2, 0.25) is 0 Å². The molecule has 0 atom stereocenters. The van der Waals surface area contributed by atoms with Gasteiger partial charge in [-0.1, -0.05) is 101 Å². The molecule has 11 nitrogen and oxygen atoms in total. The Bertz CT molecular complexity index is 2080. The SMILES string of the molecule is Cc1noc(-c2ccccc2)c1NS(=O)(=O)c1ccccc1.NS(=O)(=O)c1ccc(-c2c(-c3ccccc3)noc2O)cc1. The number of nitrogens with two attached hydrogens (primary N) is 1. The summed E-state index contributed by atoms with van der Waals surface area (Å²) >= 11 is 0. The number of rotatable bonds is 7. The smallest absolute Gasteiger partial charge is 0.317 e. The largest absolute Gasteiger partial charge is 0.479 e. The summed E-state index contributed by atoms with van der Waals surface area (Å²) in [5, 5.41) is 22.7. The molecule has 4 aromatic carbocycles. The highest BCUT2D eigenvalue weighted by Gasteiger charge is 2.22. The van der Waals surface area contributed by atoms with Crippen LogP contribution in [-0.2, 0) is 20.0 Å². The molecule has 0 aliphatic rings. The first-order chi connectivity index (χ1) is 21.0. The monoisotopic (exact) mass is 630 g/mol. The van der Waals surface area contributed by atoms with Crippen molar-refractivity contribution in [3.8, 4) is 39.7 Å². The van der Waals surface area contributed by atoms with Crippen LogP contribution in [0.5, 0.6) is 5.95 Å². The van der Waals surface area contributed by atoms with Crippen LogP contribution in [0, 0.1) is 6.92 Å². The van der Waals surface area contributed by atoms with E-state index < -0.39 is 20.0 Å². The van der Waals surface area contributed by atoms with E-state index in [2.05, 4.69) is 15.0 Å². The fourth-order valence-electron chi connectivity index (χ4n) is 4.22. The van der Waals surface area contributed by atoms with Crippen molar-refractivity contribution in [1.29, 1.82) is 0 Å². The van der Waals surface area contributed by atoms with Gasteiger partial charge in [-0.2, -0.15) is 0 Å². The number of benzene rings is 4. The number of anilines is 1. The van der Waals surface area contributed by atoms with Crippen LogP contribution in [0.15, 0.2) is 134 Å². The topological polar surface area (TPSA) is 179 Å². The van der Waals surface area contributed by atoms with Gasteiger partial charge in [-0.25, -0.2) is 22.0 Å². The molecule has 0 bridgehead atoms. The molecule has 4 N–H and O–H groups in total. The van der Waals surface area contributed by atoms with Gasteiger partial charge in [0.2, 0.25) is 10.0 Å². The summed E-state index contributed by atoms with van der Waals surface area (Å²) in [7, 11) is -7.45. The lowest BCUT2D eigenvalue weighted by atomic mass is 10.0. The molecule has 2 heterocycles. The summed E-state index contributed by atoms with van der Waals surface area (Å²) in [6, 6.07) is 32.5. The Morgan fingerprint density at radius 1 is 0.659 bits per heavy atom. The normalized spacial score (nSPS) is 11.4. The van der Waals surface area contributed by atoms with Crippen molar-refractivity contribution in [2.24, 2.45) is 5.14 Å². The van der Waals surface area contributed by atoms with Crippen LogP contribution in [0.1, 0.15) is 5.69 Å². The second-order valence-corrected chi connectivity index (χ2v) is 12.6. The second-order valence-electron chi connectivity index (χ2n) is 9.40. The van der Waals surface area contributed by atoms with Crippen LogP contribution in [0.25, 0.3) is 33.7 Å². The van der Waals surface area contributed by atoms with Gasteiger partial charge < -0.3 is 14.2 Å². The maximum atomic E-state index is 12.5. The Kier molecular flexibility index (Phi) is 8.62. The molecule has 0 amide bonds. The van der Waals surface area contributed by atoms with Gasteiger partial charge in [0.15, 0.2) is 5.76 Å². The Labute approximate surface area is 253 Å². The van der Waals surface area contributed by atoms with Gasteiger partial charge in [0.1, 0.15) is 17.1 Å². The van der Waals surface area contributed by atoms with Crippen molar-refractivity contribution < 1.29 is 31.0 Å². The standard InChI is InChI=1S/C16H14N2O3S.C15H12N2O4S/c1-12-15(16(21-17-12)13-8-4-2-5-9-13)18-22(19,20)14-10-6-3-7-11-14;16-22(19,20)12-8-6-10(7-9-12)13-14(17-21-15(13)18)11-4-2-1-3-5-11/h2-11,18H,1H3;1-9,18H,(H2,16,19,20). The number of hydrogen-bond donors (Lipinski definition) is 3. The van der Waals surface area contributed by atoms with E-state index in [-0.39, 0.29) is 15.7 Å². The summed E-state index contributed by atoms with van der Waals surface area (Å²) in [6.45, 7) is 1.69. The lowest BCUT2D eigenvalue weighted by Gasteiger charge is -2.08. The molecule has 0 saturated carbocycles. The molecule has 0 spiro atoms. The molecule has 0 unspecified atom stereocenters. The van der Waals surface area contributed by atoms with Crippen molar-refractivity contribution in [3.63, 3.8) is 0 Å². The molecular formula is C31H26N4O7S2. The van der Waals surface area contributed by atoms with Gasteiger partial charge >= 0.3 is 5.95 Å². The molecule has 0 saturated heterocycles. The van der Waals surface area contributed by atoms with Gasteiger partial charge in [0, 0.05) is 11.1 Å². The maximum absolute atomic E-state index is 12.5. The minimum Gasteiger partial charge on any atom is -0.479 e. The molecular weight excluding hydrogens is 604 g/mol. The maximum Gasteiger partial charge on any atom is 0.317 e. The van der Waals surface area contributed by atoms with E-state index in [0.717, 1.165) is 11.1 Å². The number of nitrogens with zero attached hydrogens (tertiary/aromatic N) is 2. The Morgan fingerprint density at radius 3 is 1.77 bits per heavy atom. The highest BCUT2D eigenvalue weighted by Crippen LogP contribution is 2.38. The molecule has 44 heavy (non-hydrogen) atoms. The number of hydrogen-bond acceptors (Lipinski definition) is 9. The number of aryl methyl sites for hydroxylation is 1. The molecule has 2 aromatic heterocycles. The van der Waals surface area contributed by atoms with E-state index >= 15 is 0 Å². The Hall–Kier alpha value is -5.24. The molecule has 13 heteroatoms. The molecule has 0 fully saturated rings. The highest BCUT2D eigenvalue weighted by atomic mass is 32.2. The molecule has 0 radical (unpaired) electrons. The van der Waals surface area contributed by atoms with Gasteiger partial charge in [-0.15, -0.1) is 0 Å². The third-order valence-electron chi connectivity index (χ3n) is 6.38. The van der Waals surface area contributed by atoms with Gasteiger partial charge in [-0.05, 0) is 36.8 Å². The van der Waals surface area contributed by atoms with E-state index in [9.17, 15) is 21.9 Å². The van der Waals surface area contributed by atoms with E-state index in [1.54, 1.807) is 37.3 Å². The van der Waals surface area contributed by atoms with Gasteiger partial charge in [-0.3, -0.25) is 4.72 Å². The first-order valence-electron chi connectivity index (χ1n) is 13.0. The zero-order chi connectivity index (χ0) is 31.3. The third kappa shape index (κ3) is 6.70. The summed E-state index contributed by atoms with van der Waals surface area (Å²) in [4.78, 5) is 0.183. The van der Waals surface area contributed by atoms with Crippen molar-refractivity contribution in [1.82, 2.24) is 10.3 Å². The average molecular weight is 631 g/mol. The van der Waals surface area contributed by atoms with Gasteiger partial charge in [0.25, 0.3) is 10.0 Å². The third-order valence-corrected chi connectivity index (χ3v) is 8.68. The quantitative estimate of drug-likeness (QED) is 0.196. The summed E-state index contributed by atoms with van der Waals surface area (Å²) in [5.74, 6) is 0.0693. The molecule has 0 aliphatic heterocycles. The molecule has 6 rings (SSSR count). The molecule has 224 valence electrons. The minimum absolute atomic E-state index is 0.00606. The number of sulfonamides is 2. The zero-order valence-electron chi connectivity index (χ0n) is 23.2. The van der Waals surface area contributed by atoms with Crippen molar-refractivity contribution >= 4 is 25.7 Å². The molecule has 6 aromatic rings. The minimum atomic E-state index is -3.76. The van der Waals surface area contributed by atoms with Crippen LogP contribution >= 0.6 is 0 Å². The highest BCUT2D eigenvalue weighted by molar-refractivity contribution is 7.92. The summed E-state index contributed by atoms with van der Waals surface area (Å²) in [5.41, 5.74) is 3.82. The van der Waals surface area contributed by atoms with Gasteiger partial charge in [0.05, 0.1) is 15.4 Å². The van der Waals surface area contributed by atoms with E-state index in [1.807, 2.05) is 60.7 Å². The summed E-state index contributed by atoms with van der Waals surface area (Å²) < 4.78 is 60.2. The molecule has 0 aliphatic carbocycles. The average Bonchev–Trinajstić information content (AvgIpc) is 3.60.